The van der Waals surface area contributed by atoms with Crippen molar-refractivity contribution in [2.45, 2.75) is 26.6 Å². The average molecular weight is 457 g/mol. The fourth-order valence-electron chi connectivity index (χ4n) is 3.26. The molecule has 0 atom stereocenters. The molecule has 7 nitrogen and oxygen atoms in total. The molecule has 0 radical (unpaired) electrons. The number of rotatable bonds is 3. The van der Waals surface area contributed by atoms with Gasteiger partial charge in [-0.25, -0.2) is 4.79 Å². The molecule has 0 unspecified atom stereocenters. The summed E-state index contributed by atoms with van der Waals surface area (Å²) in [5.74, 6) is 0.555. The first-order valence-corrected chi connectivity index (χ1v) is 9.90. The molecule has 150 valence electrons. The number of hydrogen-bond acceptors (Lipinski definition) is 4. The maximum absolute atomic E-state index is 12.5. The van der Waals surface area contributed by atoms with E-state index in [4.69, 9.17) is 9.47 Å². The minimum absolute atomic E-state index is 0.345. The summed E-state index contributed by atoms with van der Waals surface area (Å²) >= 11 is 3.53. The van der Waals surface area contributed by atoms with Crippen molar-refractivity contribution < 1.29 is 14.3 Å². The van der Waals surface area contributed by atoms with Crippen LogP contribution in [-0.4, -0.2) is 21.6 Å². The Morgan fingerprint density at radius 3 is 2.41 bits per heavy atom. The van der Waals surface area contributed by atoms with E-state index in [0.29, 0.717) is 22.9 Å². The number of fused-ring (bicyclic) bond motifs is 1. The molecule has 4 rings (SSSR count). The van der Waals surface area contributed by atoms with Gasteiger partial charge in [-0.2, -0.15) is 5.10 Å². The van der Waals surface area contributed by atoms with Crippen LogP contribution in [0, 0.1) is 6.92 Å². The number of benzene rings is 2. The molecule has 8 heteroatoms. The van der Waals surface area contributed by atoms with Gasteiger partial charge in [0.25, 0.3) is 0 Å². The van der Waals surface area contributed by atoms with Gasteiger partial charge < -0.3 is 20.1 Å². The normalized spacial score (nSPS) is 14.0. The lowest BCUT2D eigenvalue weighted by molar-refractivity contribution is -0.0431. The summed E-state index contributed by atoms with van der Waals surface area (Å²) in [6, 6.07) is 10.7. The van der Waals surface area contributed by atoms with Crippen LogP contribution in [-0.2, 0) is 7.05 Å². The van der Waals surface area contributed by atoms with E-state index in [-0.39, 0.29) is 6.03 Å². The van der Waals surface area contributed by atoms with Gasteiger partial charge in [-0.1, -0.05) is 6.07 Å². The van der Waals surface area contributed by atoms with Crippen molar-refractivity contribution in [3.63, 3.8) is 0 Å². The molecule has 0 saturated carbocycles. The molecule has 2 amide bonds. The van der Waals surface area contributed by atoms with Crippen LogP contribution in [0.3, 0.4) is 0 Å². The number of amides is 2. The van der Waals surface area contributed by atoms with E-state index < -0.39 is 5.79 Å². The second-order valence-electron chi connectivity index (χ2n) is 7.34. The fourth-order valence-corrected chi connectivity index (χ4v) is 3.82. The second kappa shape index (κ2) is 7.11. The minimum Gasteiger partial charge on any atom is -0.449 e. The zero-order chi connectivity index (χ0) is 20.8. The van der Waals surface area contributed by atoms with E-state index in [0.717, 1.165) is 21.3 Å². The third-order valence-corrected chi connectivity index (χ3v) is 5.14. The van der Waals surface area contributed by atoms with E-state index >= 15 is 0 Å². The van der Waals surface area contributed by atoms with Gasteiger partial charge >= 0.3 is 6.03 Å². The predicted octanol–water partition coefficient (Wildman–Crippen LogP) is 5.31. The maximum Gasteiger partial charge on any atom is 0.323 e. The van der Waals surface area contributed by atoms with Gasteiger partial charge in [-0.15, -0.1) is 0 Å². The highest BCUT2D eigenvalue weighted by Gasteiger charge is 2.31. The number of urea groups is 1. The smallest absolute Gasteiger partial charge is 0.323 e. The quantitative estimate of drug-likeness (QED) is 0.559. The molecule has 1 aromatic heterocycles. The van der Waals surface area contributed by atoms with Crippen LogP contribution in [0.4, 0.5) is 16.2 Å². The van der Waals surface area contributed by atoms with Crippen LogP contribution in [0.2, 0.25) is 0 Å². The predicted molar refractivity (Wildman–Crippen MR) is 115 cm³/mol. The number of nitrogens with one attached hydrogen (secondary N) is 2. The Bertz CT molecular complexity index is 1090. The third-order valence-electron chi connectivity index (χ3n) is 4.56. The number of halogens is 1. The van der Waals surface area contributed by atoms with Crippen molar-refractivity contribution in [1.29, 1.82) is 0 Å². The lowest BCUT2D eigenvalue weighted by Crippen LogP contribution is -2.29. The molecular weight excluding hydrogens is 436 g/mol. The molecule has 0 fully saturated rings. The molecule has 2 heterocycles. The number of nitrogens with zero attached hydrogens (tertiary/aromatic N) is 2. The van der Waals surface area contributed by atoms with Crippen molar-refractivity contribution in [1.82, 2.24) is 9.78 Å². The van der Waals surface area contributed by atoms with E-state index in [9.17, 15) is 4.79 Å². The molecule has 0 bridgehead atoms. The first kappa shape index (κ1) is 19.3. The Hall–Kier alpha value is -3.00. The minimum atomic E-state index is -0.707. The molecule has 0 saturated heterocycles. The number of hydrogen-bond donors (Lipinski definition) is 2. The van der Waals surface area contributed by atoms with E-state index in [1.54, 1.807) is 29.1 Å². The third kappa shape index (κ3) is 3.93. The summed E-state index contributed by atoms with van der Waals surface area (Å²) in [5.41, 5.74) is 4.31. The Morgan fingerprint density at radius 1 is 1.07 bits per heavy atom. The van der Waals surface area contributed by atoms with Crippen molar-refractivity contribution in [3.05, 3.63) is 52.6 Å². The number of carbonyl (C=O) groups excluding carboxylic acids is 1. The summed E-state index contributed by atoms with van der Waals surface area (Å²) in [6.45, 7) is 5.69. The van der Waals surface area contributed by atoms with Crippen LogP contribution in [0.25, 0.3) is 11.3 Å². The molecule has 2 aromatic carbocycles. The molecule has 1 aliphatic heterocycles. The average Bonchev–Trinajstić information content (AvgIpc) is 3.13. The highest BCUT2D eigenvalue weighted by atomic mass is 79.9. The van der Waals surface area contributed by atoms with Crippen LogP contribution in [0.5, 0.6) is 11.5 Å². The van der Waals surface area contributed by atoms with Gasteiger partial charge in [-0.3, -0.25) is 4.68 Å². The lowest BCUT2D eigenvalue weighted by Gasteiger charge is -2.16. The highest BCUT2D eigenvalue weighted by molar-refractivity contribution is 9.10. The van der Waals surface area contributed by atoms with E-state index in [1.165, 1.54) is 0 Å². The molecular formula is C21H21BrN4O3. The van der Waals surface area contributed by atoms with Gasteiger partial charge in [0.05, 0.1) is 16.4 Å². The molecule has 29 heavy (non-hydrogen) atoms. The van der Waals surface area contributed by atoms with E-state index in [1.807, 2.05) is 46.0 Å². The summed E-state index contributed by atoms with van der Waals surface area (Å²) < 4.78 is 14.1. The van der Waals surface area contributed by atoms with Crippen molar-refractivity contribution in [3.8, 4) is 22.8 Å². The summed E-state index contributed by atoms with van der Waals surface area (Å²) in [7, 11) is 1.88. The molecule has 0 spiro atoms. The Kier molecular flexibility index (Phi) is 4.74. The van der Waals surface area contributed by atoms with Crippen molar-refractivity contribution in [2.75, 3.05) is 10.6 Å². The zero-order valence-electron chi connectivity index (χ0n) is 16.5. The number of anilines is 2. The number of aryl methyl sites for hydroxylation is 2. The topological polar surface area (TPSA) is 77.4 Å². The van der Waals surface area contributed by atoms with Crippen LogP contribution >= 0.6 is 15.9 Å². The van der Waals surface area contributed by atoms with E-state index in [2.05, 4.69) is 31.7 Å². The standard InChI is InChI=1S/C21H21BrN4O3/c1-12-5-6-13(9-15(12)19-16(22)11-23-26(19)4)24-20(27)25-14-7-8-17-18(10-14)29-21(2,3)28-17/h5-11H,1-4H3,(H2,24,25,27). The van der Waals surface area contributed by atoms with Gasteiger partial charge in [0.15, 0.2) is 11.5 Å². The molecule has 0 aliphatic carbocycles. The van der Waals surface area contributed by atoms with Gasteiger partial charge in [0, 0.05) is 43.9 Å². The first-order chi connectivity index (χ1) is 13.7. The van der Waals surface area contributed by atoms with Gasteiger partial charge in [0.1, 0.15) is 0 Å². The van der Waals surface area contributed by atoms with Gasteiger partial charge in [-0.05, 0) is 52.7 Å². The monoisotopic (exact) mass is 456 g/mol. The van der Waals surface area contributed by atoms with Crippen molar-refractivity contribution in [2.24, 2.45) is 7.05 Å². The first-order valence-electron chi connectivity index (χ1n) is 9.10. The Labute approximate surface area is 177 Å². The summed E-state index contributed by atoms with van der Waals surface area (Å²) in [5, 5.41) is 9.97. The second-order valence-corrected chi connectivity index (χ2v) is 8.19. The highest BCUT2D eigenvalue weighted by Crippen LogP contribution is 2.40. The molecule has 2 N–H and O–H groups in total. The van der Waals surface area contributed by atoms with Crippen molar-refractivity contribution >= 4 is 33.3 Å². The largest absolute Gasteiger partial charge is 0.449 e. The summed E-state index contributed by atoms with van der Waals surface area (Å²) in [6.07, 6.45) is 1.75. The number of ether oxygens (including phenoxy) is 2. The van der Waals surface area contributed by atoms with Crippen LogP contribution < -0.4 is 20.1 Å². The molecule has 1 aliphatic rings. The molecule has 3 aromatic rings. The lowest BCUT2D eigenvalue weighted by atomic mass is 10.0. The number of carbonyl (C=O) groups is 1. The fraction of sp³-hybridized carbons (Fsp3) is 0.238. The Balaban J connectivity index is 1.51. The van der Waals surface area contributed by atoms with Gasteiger partial charge in [0.2, 0.25) is 5.79 Å². The zero-order valence-corrected chi connectivity index (χ0v) is 18.1. The van der Waals surface area contributed by atoms with Crippen LogP contribution in [0.1, 0.15) is 19.4 Å². The number of aromatic nitrogens is 2. The Morgan fingerprint density at radius 2 is 1.72 bits per heavy atom. The summed E-state index contributed by atoms with van der Waals surface area (Å²) in [4.78, 5) is 12.5. The maximum atomic E-state index is 12.5. The SMILES string of the molecule is Cc1ccc(NC(=O)Nc2ccc3c(c2)OC(C)(C)O3)cc1-c1c(Br)cnn1C. The van der Waals surface area contributed by atoms with Crippen LogP contribution in [0.15, 0.2) is 47.1 Å².